The number of ether oxygens (including phenoxy) is 1. The van der Waals surface area contributed by atoms with Crippen molar-refractivity contribution in [1.29, 1.82) is 0 Å². The monoisotopic (exact) mass is 470 g/mol. The van der Waals surface area contributed by atoms with Gasteiger partial charge in [-0.05, 0) is 67.6 Å². The lowest BCUT2D eigenvalue weighted by Gasteiger charge is -2.27. The molecule has 0 aliphatic rings. The van der Waals surface area contributed by atoms with Crippen LogP contribution in [-0.4, -0.2) is 13.9 Å². The maximum Gasteiger partial charge on any atom is 0.673 e. The number of rotatable bonds is 6. The summed E-state index contributed by atoms with van der Waals surface area (Å²) >= 11 is 0. The van der Waals surface area contributed by atoms with Crippen LogP contribution in [0, 0.1) is 0 Å². The summed E-state index contributed by atoms with van der Waals surface area (Å²) in [6, 6.07) is 41.4. The zero-order valence-corrected chi connectivity index (χ0v) is 19.0. The molecule has 0 amide bonds. The van der Waals surface area contributed by atoms with E-state index in [-0.39, 0.29) is 0 Å². The number of hydrogen-bond acceptors (Lipinski definition) is 1. The first-order valence-electron chi connectivity index (χ1n) is 10.5. The Balaban J connectivity index is 0.000000555. The van der Waals surface area contributed by atoms with E-state index in [9.17, 15) is 17.3 Å². The summed E-state index contributed by atoms with van der Waals surface area (Å²) in [6.45, 7) is 2.69. The van der Waals surface area contributed by atoms with Crippen LogP contribution in [0.25, 0.3) is 0 Å². The van der Waals surface area contributed by atoms with E-state index >= 15 is 0 Å². The third-order valence-corrected chi connectivity index (χ3v) is 9.26. The van der Waals surface area contributed by atoms with Crippen LogP contribution < -0.4 is 26.0 Å². The van der Waals surface area contributed by atoms with Crippen LogP contribution in [0.5, 0.6) is 5.75 Å². The van der Waals surface area contributed by atoms with Crippen LogP contribution >= 0.6 is 7.26 Å². The molecule has 0 saturated heterocycles. The summed E-state index contributed by atoms with van der Waals surface area (Å²) in [5.41, 5.74) is 0. The Morgan fingerprint density at radius 2 is 0.848 bits per heavy atom. The molecule has 4 rings (SSSR count). The average Bonchev–Trinajstić information content (AvgIpc) is 2.82. The van der Waals surface area contributed by atoms with Crippen molar-refractivity contribution in [1.82, 2.24) is 0 Å². The van der Waals surface area contributed by atoms with Gasteiger partial charge in [-0.2, -0.15) is 0 Å². The molecule has 0 N–H and O–H groups in total. The third-order valence-electron chi connectivity index (χ3n) is 4.97. The number of benzene rings is 4. The summed E-state index contributed by atoms with van der Waals surface area (Å²) in [5.74, 6) is 0.915. The first kappa shape index (κ1) is 24.5. The molecule has 7 heteroatoms. The van der Waals surface area contributed by atoms with Crippen LogP contribution in [0.1, 0.15) is 6.92 Å². The number of halogens is 4. The molecule has 4 aromatic rings. The normalized spacial score (nSPS) is 11.3. The fourth-order valence-corrected chi connectivity index (χ4v) is 8.03. The minimum Gasteiger partial charge on any atom is -0.494 e. The van der Waals surface area contributed by atoms with Gasteiger partial charge in [-0.1, -0.05) is 54.6 Å². The number of hydrogen-bond donors (Lipinski definition) is 0. The molecule has 0 radical (unpaired) electrons. The lowest BCUT2D eigenvalue weighted by molar-refractivity contribution is 0.340. The Kier molecular flexibility index (Phi) is 8.29. The van der Waals surface area contributed by atoms with Crippen molar-refractivity contribution < 1.29 is 22.0 Å². The van der Waals surface area contributed by atoms with Gasteiger partial charge in [0.1, 0.15) is 34.2 Å². The summed E-state index contributed by atoms with van der Waals surface area (Å²) < 4.78 is 44.7. The van der Waals surface area contributed by atoms with E-state index in [1.807, 2.05) is 6.92 Å². The zero-order chi connectivity index (χ0) is 23.7. The van der Waals surface area contributed by atoms with E-state index in [4.69, 9.17) is 4.74 Å². The van der Waals surface area contributed by atoms with Gasteiger partial charge in [0.05, 0.1) is 6.61 Å². The van der Waals surface area contributed by atoms with Crippen molar-refractivity contribution in [2.24, 2.45) is 0 Å². The van der Waals surface area contributed by atoms with Crippen molar-refractivity contribution in [2.75, 3.05) is 6.61 Å². The first-order chi connectivity index (χ1) is 15.9. The first-order valence-corrected chi connectivity index (χ1v) is 12.3. The molecule has 0 aliphatic heterocycles. The topological polar surface area (TPSA) is 9.23 Å². The van der Waals surface area contributed by atoms with E-state index in [1.165, 1.54) is 21.2 Å². The van der Waals surface area contributed by atoms with E-state index in [0.717, 1.165) is 5.75 Å². The average molecular weight is 470 g/mol. The zero-order valence-electron chi connectivity index (χ0n) is 18.1. The Morgan fingerprint density at radius 3 is 1.15 bits per heavy atom. The van der Waals surface area contributed by atoms with Crippen molar-refractivity contribution in [3.8, 4) is 5.75 Å². The van der Waals surface area contributed by atoms with E-state index in [0.29, 0.717) is 6.61 Å². The molecule has 0 atom stereocenters. The Labute approximate surface area is 192 Å². The molecule has 4 aromatic carbocycles. The molecule has 0 spiro atoms. The SMILES string of the molecule is CCOc1ccc([P+](c2ccccc2)(c2ccccc2)c2ccccc2)cc1.F[B-](F)(F)F. The maximum atomic E-state index is 9.75. The summed E-state index contributed by atoms with van der Waals surface area (Å²) in [7, 11) is -8.00. The molecule has 0 bridgehead atoms. The highest BCUT2D eigenvalue weighted by molar-refractivity contribution is 8.01. The van der Waals surface area contributed by atoms with Gasteiger partial charge in [0, 0.05) is 0 Å². The van der Waals surface area contributed by atoms with Gasteiger partial charge in [0.15, 0.2) is 0 Å². The molecule has 0 fully saturated rings. The Morgan fingerprint density at radius 1 is 0.545 bits per heavy atom. The van der Waals surface area contributed by atoms with Gasteiger partial charge in [0.25, 0.3) is 0 Å². The lowest BCUT2D eigenvalue weighted by Crippen LogP contribution is -2.38. The smallest absolute Gasteiger partial charge is 0.494 e. The van der Waals surface area contributed by atoms with Crippen LogP contribution in [0.3, 0.4) is 0 Å². The largest absolute Gasteiger partial charge is 0.673 e. The van der Waals surface area contributed by atoms with Gasteiger partial charge < -0.3 is 22.0 Å². The molecule has 33 heavy (non-hydrogen) atoms. The van der Waals surface area contributed by atoms with Crippen LogP contribution in [0.15, 0.2) is 115 Å². The van der Waals surface area contributed by atoms with Crippen LogP contribution in [0.4, 0.5) is 17.3 Å². The lowest BCUT2D eigenvalue weighted by atomic mass is 10.3. The predicted molar refractivity (Wildman–Crippen MR) is 133 cm³/mol. The maximum absolute atomic E-state index is 9.75. The molecular weight excluding hydrogens is 446 g/mol. The van der Waals surface area contributed by atoms with E-state index in [2.05, 4.69) is 115 Å². The van der Waals surface area contributed by atoms with Crippen molar-refractivity contribution in [3.05, 3.63) is 115 Å². The van der Waals surface area contributed by atoms with Gasteiger partial charge in [-0.3, -0.25) is 0 Å². The summed E-state index contributed by atoms with van der Waals surface area (Å²) in [5, 5.41) is 5.41. The van der Waals surface area contributed by atoms with E-state index < -0.39 is 14.5 Å². The van der Waals surface area contributed by atoms with Crippen molar-refractivity contribution >= 4 is 35.7 Å². The van der Waals surface area contributed by atoms with Gasteiger partial charge >= 0.3 is 7.25 Å². The predicted octanol–water partition coefficient (Wildman–Crippen LogP) is 6.00. The fraction of sp³-hybridized carbons (Fsp3) is 0.0769. The second-order valence-electron chi connectivity index (χ2n) is 7.10. The third kappa shape index (κ3) is 6.24. The van der Waals surface area contributed by atoms with Gasteiger partial charge in [-0.15, -0.1) is 0 Å². The molecule has 0 saturated carbocycles. The molecule has 0 heterocycles. The fourth-order valence-electron chi connectivity index (χ4n) is 3.78. The Bertz CT molecular complexity index is 1000. The summed E-state index contributed by atoms with van der Waals surface area (Å²) in [6.07, 6.45) is 0. The molecule has 170 valence electrons. The second-order valence-corrected chi connectivity index (χ2v) is 10.5. The highest BCUT2D eigenvalue weighted by atomic mass is 31.2. The molecule has 0 aliphatic carbocycles. The van der Waals surface area contributed by atoms with Crippen molar-refractivity contribution in [3.63, 3.8) is 0 Å². The quantitative estimate of drug-likeness (QED) is 0.191. The highest BCUT2D eigenvalue weighted by Gasteiger charge is 2.47. The van der Waals surface area contributed by atoms with Crippen molar-refractivity contribution in [2.45, 2.75) is 6.92 Å². The second kappa shape index (κ2) is 11.2. The summed E-state index contributed by atoms with van der Waals surface area (Å²) in [4.78, 5) is 0. The van der Waals surface area contributed by atoms with Gasteiger partial charge in [0.2, 0.25) is 0 Å². The highest BCUT2D eigenvalue weighted by Crippen LogP contribution is 2.54. The Hall–Kier alpha value is -3.11. The van der Waals surface area contributed by atoms with Gasteiger partial charge in [-0.25, -0.2) is 0 Å². The van der Waals surface area contributed by atoms with E-state index in [1.54, 1.807) is 0 Å². The molecule has 0 aromatic heterocycles. The molecule has 0 unspecified atom stereocenters. The molecular formula is C26H24BF4OP. The molecule has 1 nitrogen and oxygen atoms in total. The minimum absolute atomic E-state index is 0.676. The van der Waals surface area contributed by atoms with Crippen LogP contribution in [0.2, 0.25) is 0 Å². The van der Waals surface area contributed by atoms with Crippen LogP contribution in [-0.2, 0) is 0 Å². The minimum atomic E-state index is -6.00. The standard InChI is InChI=1S/C26H24OP.BF4/c1-2-27-22-18-20-26(21-19-22)28(23-12-6-3-7-13-23,24-14-8-4-9-15-24)25-16-10-5-11-17-25;2-1(3,4)5/h3-21H,2H2,1H3;/q+1;-1.